The van der Waals surface area contributed by atoms with E-state index in [1.807, 2.05) is 19.1 Å². The van der Waals surface area contributed by atoms with Crippen LogP contribution in [0.25, 0.3) is 0 Å². The second-order valence-electron chi connectivity index (χ2n) is 7.25. The number of fused-ring (bicyclic) bond motifs is 1. The van der Waals surface area contributed by atoms with Crippen molar-refractivity contribution >= 4 is 11.7 Å². The number of esters is 1. The molecule has 0 aromatic heterocycles. The minimum absolute atomic E-state index is 0.227. The summed E-state index contributed by atoms with van der Waals surface area (Å²) in [5.41, 5.74) is 3.09. The van der Waals surface area contributed by atoms with E-state index < -0.39 is 0 Å². The predicted octanol–water partition coefficient (Wildman–Crippen LogP) is 6.12. The third-order valence-corrected chi connectivity index (χ3v) is 5.10. The monoisotopic (exact) mass is 345 g/mol. The van der Waals surface area contributed by atoms with Crippen LogP contribution in [0.15, 0.2) is 18.2 Å². The zero-order valence-corrected chi connectivity index (χ0v) is 16.1. The highest BCUT2D eigenvalue weighted by molar-refractivity contribution is 5.91. The Hall–Kier alpha value is -1.51. The second-order valence-corrected chi connectivity index (χ2v) is 7.25. The molecule has 0 saturated heterocycles. The maximum Gasteiger partial charge on any atom is 0.338 e. The molecule has 1 unspecified atom stereocenters. The van der Waals surface area contributed by atoms with Gasteiger partial charge in [0, 0.05) is 11.7 Å². The smallest absolute Gasteiger partial charge is 0.338 e. The van der Waals surface area contributed by atoms with Crippen LogP contribution in [0.5, 0.6) is 0 Å². The number of carbonyl (C=O) groups excluding carboxylic acids is 1. The highest BCUT2D eigenvalue weighted by Crippen LogP contribution is 2.29. The topological polar surface area (TPSA) is 38.3 Å². The van der Waals surface area contributed by atoms with Gasteiger partial charge in [0.05, 0.1) is 12.2 Å². The lowest BCUT2D eigenvalue weighted by atomic mass is 10.0. The Kier molecular flexibility index (Phi) is 8.85. The summed E-state index contributed by atoms with van der Waals surface area (Å²) >= 11 is 0. The van der Waals surface area contributed by atoms with E-state index in [1.165, 1.54) is 69.8 Å². The molecule has 0 saturated carbocycles. The second kappa shape index (κ2) is 11.2. The van der Waals surface area contributed by atoms with Crippen LogP contribution in [0.3, 0.4) is 0 Å². The lowest BCUT2D eigenvalue weighted by Gasteiger charge is -2.11. The van der Waals surface area contributed by atoms with Gasteiger partial charge in [-0.3, -0.25) is 0 Å². The molecule has 3 nitrogen and oxygen atoms in total. The summed E-state index contributed by atoms with van der Waals surface area (Å²) in [7, 11) is 0. The normalized spacial score (nSPS) is 15.7. The van der Waals surface area contributed by atoms with E-state index in [0.717, 1.165) is 12.1 Å². The van der Waals surface area contributed by atoms with Crippen molar-refractivity contribution in [2.75, 3.05) is 11.9 Å². The van der Waals surface area contributed by atoms with Crippen LogP contribution in [0.4, 0.5) is 5.69 Å². The highest BCUT2D eigenvalue weighted by atomic mass is 16.5. The van der Waals surface area contributed by atoms with Crippen LogP contribution in [0, 0.1) is 0 Å². The Morgan fingerprint density at radius 3 is 2.40 bits per heavy atom. The number of hydrogen-bond donors (Lipinski definition) is 1. The molecule has 0 fully saturated rings. The van der Waals surface area contributed by atoms with Crippen LogP contribution < -0.4 is 5.32 Å². The van der Waals surface area contributed by atoms with Gasteiger partial charge in [0.15, 0.2) is 0 Å². The lowest BCUT2D eigenvalue weighted by molar-refractivity contribution is 0.0526. The van der Waals surface area contributed by atoms with Crippen molar-refractivity contribution in [2.45, 2.75) is 90.5 Å². The van der Waals surface area contributed by atoms with Gasteiger partial charge < -0.3 is 10.1 Å². The average molecular weight is 346 g/mol. The summed E-state index contributed by atoms with van der Waals surface area (Å²) < 4.78 is 5.08. The molecule has 1 aromatic rings. The molecule has 0 spiro atoms. The minimum Gasteiger partial charge on any atom is -0.462 e. The fourth-order valence-corrected chi connectivity index (χ4v) is 3.64. The van der Waals surface area contributed by atoms with E-state index in [0.29, 0.717) is 18.2 Å². The molecule has 2 rings (SSSR count). The van der Waals surface area contributed by atoms with Crippen LogP contribution in [-0.2, 0) is 11.2 Å². The van der Waals surface area contributed by atoms with E-state index in [9.17, 15) is 4.79 Å². The van der Waals surface area contributed by atoms with Gasteiger partial charge in [0.1, 0.15) is 0 Å². The number of hydrogen-bond acceptors (Lipinski definition) is 3. The first-order valence-electron chi connectivity index (χ1n) is 10.3. The van der Waals surface area contributed by atoms with Crippen LogP contribution in [-0.4, -0.2) is 18.6 Å². The standard InChI is InChI=1S/C22H35NO2/c1-3-5-6-7-8-9-10-11-12-13-20-16-18-14-15-19(17-21(18)23-20)22(24)25-4-2/h14-15,17,20,23H,3-13,16H2,1-2H3. The lowest BCUT2D eigenvalue weighted by Crippen LogP contribution is -2.14. The van der Waals surface area contributed by atoms with Crippen molar-refractivity contribution in [3.8, 4) is 0 Å². The van der Waals surface area contributed by atoms with Crippen molar-refractivity contribution in [3.05, 3.63) is 29.3 Å². The van der Waals surface area contributed by atoms with Crippen molar-refractivity contribution in [1.82, 2.24) is 0 Å². The number of unbranched alkanes of at least 4 members (excludes halogenated alkanes) is 8. The van der Waals surface area contributed by atoms with Crippen LogP contribution in [0.2, 0.25) is 0 Å². The first-order chi connectivity index (χ1) is 12.2. The zero-order chi connectivity index (χ0) is 17.9. The van der Waals surface area contributed by atoms with Crippen molar-refractivity contribution in [2.24, 2.45) is 0 Å². The van der Waals surface area contributed by atoms with Gasteiger partial charge in [-0.25, -0.2) is 4.79 Å². The van der Waals surface area contributed by atoms with Gasteiger partial charge in [-0.15, -0.1) is 0 Å². The van der Waals surface area contributed by atoms with E-state index in [2.05, 4.69) is 18.3 Å². The number of benzene rings is 1. The molecule has 0 amide bonds. The van der Waals surface area contributed by atoms with E-state index in [-0.39, 0.29) is 5.97 Å². The summed E-state index contributed by atoms with van der Waals surface area (Å²) in [5.74, 6) is -0.227. The predicted molar refractivity (Wildman–Crippen MR) is 105 cm³/mol. The van der Waals surface area contributed by atoms with Crippen molar-refractivity contribution in [3.63, 3.8) is 0 Å². The summed E-state index contributed by atoms with van der Waals surface area (Å²) in [4.78, 5) is 11.8. The maximum atomic E-state index is 11.8. The molecule has 1 aliphatic heterocycles. The quantitative estimate of drug-likeness (QED) is 0.366. The number of nitrogens with one attached hydrogen (secondary N) is 1. The number of carbonyl (C=O) groups is 1. The molecule has 25 heavy (non-hydrogen) atoms. The van der Waals surface area contributed by atoms with Gasteiger partial charge in [0.25, 0.3) is 0 Å². The summed E-state index contributed by atoms with van der Waals surface area (Å²) in [6.07, 6.45) is 14.7. The third kappa shape index (κ3) is 6.72. The summed E-state index contributed by atoms with van der Waals surface area (Å²) in [5, 5.41) is 3.59. The van der Waals surface area contributed by atoms with Gasteiger partial charge in [-0.05, 0) is 37.5 Å². The van der Waals surface area contributed by atoms with Gasteiger partial charge in [0.2, 0.25) is 0 Å². The molecule has 3 heteroatoms. The van der Waals surface area contributed by atoms with E-state index in [4.69, 9.17) is 4.74 Å². The molecular weight excluding hydrogens is 310 g/mol. The maximum absolute atomic E-state index is 11.8. The first kappa shape index (κ1) is 19.8. The molecule has 1 atom stereocenters. The summed E-state index contributed by atoms with van der Waals surface area (Å²) in [6.45, 7) is 4.53. The Labute approximate surface area is 153 Å². The number of anilines is 1. The summed E-state index contributed by atoms with van der Waals surface area (Å²) in [6, 6.07) is 6.44. The minimum atomic E-state index is -0.227. The molecule has 1 aliphatic rings. The molecule has 1 heterocycles. The highest BCUT2D eigenvalue weighted by Gasteiger charge is 2.21. The van der Waals surface area contributed by atoms with Gasteiger partial charge in [-0.1, -0.05) is 70.8 Å². The molecule has 0 bridgehead atoms. The molecule has 140 valence electrons. The zero-order valence-electron chi connectivity index (χ0n) is 16.1. The first-order valence-corrected chi connectivity index (χ1v) is 10.3. The molecular formula is C22H35NO2. The fraction of sp³-hybridized carbons (Fsp3) is 0.682. The Balaban J connectivity index is 1.61. The molecule has 0 aliphatic carbocycles. The van der Waals surface area contributed by atoms with Crippen LogP contribution >= 0.6 is 0 Å². The Morgan fingerprint density at radius 2 is 1.72 bits per heavy atom. The van der Waals surface area contributed by atoms with Gasteiger partial charge >= 0.3 is 5.97 Å². The van der Waals surface area contributed by atoms with Crippen LogP contribution in [0.1, 0.15) is 94.0 Å². The van der Waals surface area contributed by atoms with E-state index in [1.54, 1.807) is 0 Å². The van der Waals surface area contributed by atoms with E-state index >= 15 is 0 Å². The van der Waals surface area contributed by atoms with Crippen molar-refractivity contribution < 1.29 is 9.53 Å². The largest absolute Gasteiger partial charge is 0.462 e. The third-order valence-electron chi connectivity index (χ3n) is 5.10. The SMILES string of the molecule is CCCCCCCCCCCC1Cc2ccc(C(=O)OCC)cc2N1. The molecule has 1 aromatic carbocycles. The van der Waals surface area contributed by atoms with Crippen molar-refractivity contribution in [1.29, 1.82) is 0 Å². The Morgan fingerprint density at radius 1 is 1.04 bits per heavy atom. The molecule has 0 radical (unpaired) electrons. The molecule has 1 N–H and O–H groups in total. The Bertz CT molecular complexity index is 527. The number of ether oxygens (including phenoxy) is 1. The fourth-order valence-electron chi connectivity index (χ4n) is 3.64. The van der Waals surface area contributed by atoms with Gasteiger partial charge in [-0.2, -0.15) is 0 Å². The average Bonchev–Trinajstić information content (AvgIpc) is 3.02. The number of rotatable bonds is 12.